The summed E-state index contributed by atoms with van der Waals surface area (Å²) in [7, 11) is 2.09. The number of H-pyrrole nitrogens is 1. The fraction of sp³-hybridized carbons (Fsp3) is 0.158. The van der Waals surface area contributed by atoms with E-state index >= 15 is 0 Å². The summed E-state index contributed by atoms with van der Waals surface area (Å²) in [5, 5.41) is 1.88. The lowest BCUT2D eigenvalue weighted by Crippen LogP contribution is -2.18. The third kappa shape index (κ3) is 2.98. The summed E-state index contributed by atoms with van der Waals surface area (Å²) >= 11 is 6.03. The molecule has 0 spiro atoms. The number of nitrogens with one attached hydrogen (secondary N) is 1. The normalized spacial score (nSPS) is 11.6. The van der Waals surface area contributed by atoms with Gasteiger partial charge in [0.15, 0.2) is 0 Å². The second-order valence-corrected chi connectivity index (χ2v) is 6.45. The van der Waals surface area contributed by atoms with Gasteiger partial charge in [-0.05, 0) is 36.9 Å². The molecule has 2 heterocycles. The van der Waals surface area contributed by atoms with Crippen LogP contribution in [0.1, 0.15) is 11.4 Å². The van der Waals surface area contributed by atoms with Crippen LogP contribution >= 0.6 is 11.6 Å². The highest BCUT2D eigenvalue weighted by atomic mass is 35.5. The molecule has 2 aromatic carbocycles. The monoisotopic (exact) mass is 336 g/mol. The average molecular weight is 337 g/mol. The molecule has 2 aromatic heterocycles. The molecular weight excluding hydrogens is 320 g/mol. The Morgan fingerprint density at radius 2 is 1.96 bits per heavy atom. The van der Waals surface area contributed by atoms with Gasteiger partial charge in [-0.3, -0.25) is 9.88 Å². The molecule has 1 N–H and O–H groups in total. The van der Waals surface area contributed by atoms with E-state index in [-0.39, 0.29) is 0 Å². The number of rotatable bonds is 4. The smallest absolute Gasteiger partial charge is 0.121 e. The van der Waals surface area contributed by atoms with E-state index in [4.69, 9.17) is 11.6 Å². The Bertz CT molecular complexity index is 1000. The first-order chi connectivity index (χ1) is 11.7. The number of halogens is 1. The zero-order valence-electron chi connectivity index (χ0n) is 13.3. The summed E-state index contributed by atoms with van der Waals surface area (Å²) in [5.41, 5.74) is 4.19. The molecule has 0 unspecified atom stereocenters. The molecule has 4 nitrogen and oxygen atoms in total. The van der Waals surface area contributed by atoms with Crippen molar-refractivity contribution >= 4 is 33.5 Å². The molecule has 0 saturated heterocycles. The van der Waals surface area contributed by atoms with E-state index < -0.39 is 0 Å². The Balaban J connectivity index is 1.56. The Morgan fingerprint density at radius 3 is 2.88 bits per heavy atom. The molecule has 0 saturated carbocycles. The standard InChI is InChI=1S/C19H17ClN4/c1-24(11-14-5-2-4-13-6-3-9-21-19(13)14)12-18-22-16-8-7-15(20)10-17(16)23-18/h2-10H,11-12H2,1H3,(H,22,23). The Labute approximate surface area is 145 Å². The third-order valence-electron chi connectivity index (χ3n) is 4.07. The first kappa shape index (κ1) is 15.1. The van der Waals surface area contributed by atoms with Crippen LogP contribution in [0.4, 0.5) is 0 Å². The molecule has 0 amide bonds. The molecule has 0 aliphatic carbocycles. The fourth-order valence-corrected chi connectivity index (χ4v) is 3.18. The van der Waals surface area contributed by atoms with E-state index in [1.165, 1.54) is 10.9 Å². The molecule has 5 heteroatoms. The lowest BCUT2D eigenvalue weighted by Gasteiger charge is -2.16. The molecule has 4 rings (SSSR count). The first-order valence-corrected chi connectivity index (χ1v) is 8.22. The summed E-state index contributed by atoms with van der Waals surface area (Å²) in [6.07, 6.45) is 1.84. The van der Waals surface area contributed by atoms with Crippen molar-refractivity contribution < 1.29 is 0 Å². The maximum Gasteiger partial charge on any atom is 0.121 e. The summed E-state index contributed by atoms with van der Waals surface area (Å²) in [4.78, 5) is 14.7. The maximum atomic E-state index is 6.03. The van der Waals surface area contributed by atoms with Crippen LogP contribution in [0, 0.1) is 0 Å². The number of benzene rings is 2. The number of fused-ring (bicyclic) bond motifs is 2. The molecule has 0 aliphatic rings. The second-order valence-electron chi connectivity index (χ2n) is 6.01. The Hall–Kier alpha value is -2.43. The second kappa shape index (κ2) is 6.23. The molecule has 0 radical (unpaired) electrons. The van der Waals surface area contributed by atoms with Crippen molar-refractivity contribution in [2.75, 3.05) is 7.05 Å². The molecular formula is C19H17ClN4. The van der Waals surface area contributed by atoms with Crippen LogP contribution in [-0.4, -0.2) is 26.9 Å². The molecule has 0 aliphatic heterocycles. The third-order valence-corrected chi connectivity index (χ3v) is 4.30. The van der Waals surface area contributed by atoms with Gasteiger partial charge in [0.05, 0.1) is 23.1 Å². The Morgan fingerprint density at radius 1 is 1.08 bits per heavy atom. The number of imidazole rings is 1. The summed E-state index contributed by atoms with van der Waals surface area (Å²) in [6.45, 7) is 1.54. The van der Waals surface area contributed by atoms with Crippen molar-refractivity contribution in [3.63, 3.8) is 0 Å². The van der Waals surface area contributed by atoms with Crippen molar-refractivity contribution in [3.8, 4) is 0 Å². The number of nitrogens with zero attached hydrogens (tertiary/aromatic N) is 3. The minimum atomic E-state index is 0.716. The summed E-state index contributed by atoms with van der Waals surface area (Å²) in [5.74, 6) is 0.933. The number of aromatic amines is 1. The van der Waals surface area contributed by atoms with Crippen LogP contribution in [0.15, 0.2) is 54.7 Å². The van der Waals surface area contributed by atoms with Gasteiger partial charge in [-0.1, -0.05) is 35.9 Å². The number of hydrogen-bond acceptors (Lipinski definition) is 3. The Kier molecular flexibility index (Phi) is 3.92. The molecule has 120 valence electrons. The number of aromatic nitrogens is 3. The van der Waals surface area contributed by atoms with E-state index in [9.17, 15) is 0 Å². The predicted octanol–water partition coefficient (Wildman–Crippen LogP) is 4.40. The van der Waals surface area contributed by atoms with Crippen LogP contribution in [0.3, 0.4) is 0 Å². The number of pyridine rings is 1. The van der Waals surface area contributed by atoms with E-state index in [0.717, 1.165) is 35.5 Å². The van der Waals surface area contributed by atoms with Crippen LogP contribution in [0.5, 0.6) is 0 Å². The van der Waals surface area contributed by atoms with Crippen LogP contribution < -0.4 is 0 Å². The summed E-state index contributed by atoms with van der Waals surface area (Å²) in [6, 6.07) is 16.1. The highest BCUT2D eigenvalue weighted by Gasteiger charge is 2.09. The first-order valence-electron chi connectivity index (χ1n) is 7.84. The highest BCUT2D eigenvalue weighted by molar-refractivity contribution is 6.31. The van der Waals surface area contributed by atoms with Gasteiger partial charge in [-0.15, -0.1) is 0 Å². The minimum absolute atomic E-state index is 0.716. The van der Waals surface area contributed by atoms with Crippen LogP contribution in [0.25, 0.3) is 21.9 Å². The number of hydrogen-bond donors (Lipinski definition) is 1. The van der Waals surface area contributed by atoms with Crippen molar-refractivity contribution in [3.05, 3.63) is 71.1 Å². The molecule has 0 bridgehead atoms. The molecule has 0 fully saturated rings. The zero-order valence-corrected chi connectivity index (χ0v) is 14.1. The maximum absolute atomic E-state index is 6.03. The van der Waals surface area contributed by atoms with Crippen LogP contribution in [0.2, 0.25) is 5.02 Å². The SMILES string of the molecule is CN(Cc1nc2ccc(Cl)cc2[nH]1)Cc1cccc2cccnc12. The highest BCUT2D eigenvalue weighted by Crippen LogP contribution is 2.20. The number of para-hydroxylation sites is 1. The van der Waals surface area contributed by atoms with Gasteiger partial charge in [0.25, 0.3) is 0 Å². The fourth-order valence-electron chi connectivity index (χ4n) is 3.01. The van der Waals surface area contributed by atoms with E-state index in [1.807, 2.05) is 30.5 Å². The summed E-state index contributed by atoms with van der Waals surface area (Å²) < 4.78 is 0. The largest absolute Gasteiger partial charge is 0.341 e. The predicted molar refractivity (Wildman–Crippen MR) is 98.0 cm³/mol. The average Bonchev–Trinajstić information content (AvgIpc) is 2.96. The van der Waals surface area contributed by atoms with E-state index in [0.29, 0.717) is 5.02 Å². The van der Waals surface area contributed by atoms with Gasteiger partial charge in [-0.2, -0.15) is 0 Å². The van der Waals surface area contributed by atoms with Crippen LogP contribution in [-0.2, 0) is 13.1 Å². The van der Waals surface area contributed by atoms with Gasteiger partial charge in [0.1, 0.15) is 5.82 Å². The van der Waals surface area contributed by atoms with Crippen molar-refractivity contribution in [2.24, 2.45) is 0 Å². The minimum Gasteiger partial charge on any atom is -0.341 e. The molecule has 4 aromatic rings. The molecule has 24 heavy (non-hydrogen) atoms. The lowest BCUT2D eigenvalue weighted by atomic mass is 10.1. The van der Waals surface area contributed by atoms with Gasteiger partial charge in [0.2, 0.25) is 0 Å². The van der Waals surface area contributed by atoms with Gasteiger partial charge < -0.3 is 4.98 Å². The van der Waals surface area contributed by atoms with Crippen molar-refractivity contribution in [1.82, 2.24) is 19.9 Å². The van der Waals surface area contributed by atoms with Gasteiger partial charge in [0, 0.05) is 23.2 Å². The van der Waals surface area contributed by atoms with E-state index in [2.05, 4.69) is 51.2 Å². The van der Waals surface area contributed by atoms with Crippen molar-refractivity contribution in [2.45, 2.75) is 13.1 Å². The quantitative estimate of drug-likeness (QED) is 0.601. The van der Waals surface area contributed by atoms with Crippen molar-refractivity contribution in [1.29, 1.82) is 0 Å². The van der Waals surface area contributed by atoms with Gasteiger partial charge >= 0.3 is 0 Å². The van der Waals surface area contributed by atoms with Gasteiger partial charge in [-0.25, -0.2) is 4.98 Å². The lowest BCUT2D eigenvalue weighted by molar-refractivity contribution is 0.313. The topological polar surface area (TPSA) is 44.8 Å². The van der Waals surface area contributed by atoms with E-state index in [1.54, 1.807) is 0 Å². The molecule has 0 atom stereocenters. The zero-order chi connectivity index (χ0) is 16.5.